The van der Waals surface area contributed by atoms with Crippen LogP contribution in [0, 0.1) is 5.92 Å². The van der Waals surface area contributed by atoms with Gasteiger partial charge in [-0.2, -0.15) is 5.10 Å². The molecule has 144 valence electrons. The fourth-order valence-electron chi connectivity index (χ4n) is 3.61. The Bertz CT molecular complexity index is 863. The summed E-state index contributed by atoms with van der Waals surface area (Å²) in [7, 11) is 0. The van der Waals surface area contributed by atoms with Gasteiger partial charge in [0.25, 0.3) is 5.91 Å². The minimum Gasteiger partial charge on any atom is -0.486 e. The Kier molecular flexibility index (Phi) is 4.97. The second-order valence-electron chi connectivity index (χ2n) is 7.14. The van der Waals surface area contributed by atoms with Gasteiger partial charge in [-0.1, -0.05) is 0 Å². The maximum absolute atomic E-state index is 12.9. The summed E-state index contributed by atoms with van der Waals surface area (Å²) in [4.78, 5) is 12.9. The van der Waals surface area contributed by atoms with Crippen LogP contribution in [-0.2, 0) is 19.5 Å². The lowest BCUT2D eigenvalue weighted by atomic mass is 10.1. The Balaban J connectivity index is 0.00000180. The van der Waals surface area contributed by atoms with Crippen LogP contribution >= 0.6 is 12.4 Å². The smallest absolute Gasteiger partial charge is 0.276 e. The molecule has 8 heteroatoms. The summed E-state index contributed by atoms with van der Waals surface area (Å²) >= 11 is 0. The summed E-state index contributed by atoms with van der Waals surface area (Å²) < 4.78 is 13.2. The van der Waals surface area contributed by atoms with Gasteiger partial charge < -0.3 is 20.1 Å². The topological polar surface area (TPSA) is 77.4 Å². The molecular weight excluding hydrogens is 368 g/mol. The molecule has 7 nitrogen and oxygen atoms in total. The molecule has 3 heterocycles. The highest BCUT2D eigenvalue weighted by molar-refractivity contribution is 6.04. The normalized spacial score (nSPS) is 17.6. The lowest BCUT2D eigenvalue weighted by molar-refractivity contribution is 0.102. The molecular formula is C19H23ClN4O3. The molecule has 2 aliphatic heterocycles. The minimum atomic E-state index is -0.170. The van der Waals surface area contributed by atoms with Crippen molar-refractivity contribution >= 4 is 24.0 Å². The number of carbonyl (C=O) groups is 1. The molecule has 1 fully saturated rings. The zero-order valence-electron chi connectivity index (χ0n) is 15.0. The van der Waals surface area contributed by atoms with Crippen LogP contribution in [0.15, 0.2) is 18.2 Å². The van der Waals surface area contributed by atoms with E-state index in [4.69, 9.17) is 9.47 Å². The number of fused-ring (bicyclic) bond motifs is 2. The van der Waals surface area contributed by atoms with Gasteiger partial charge in [0, 0.05) is 49.1 Å². The number of nitrogens with zero attached hydrogens (tertiary/aromatic N) is 2. The van der Waals surface area contributed by atoms with E-state index >= 15 is 0 Å². The van der Waals surface area contributed by atoms with E-state index < -0.39 is 0 Å². The molecule has 3 aliphatic rings. The number of hydrogen-bond donors (Lipinski definition) is 2. The van der Waals surface area contributed by atoms with Crippen LogP contribution in [0.25, 0.3) is 0 Å². The first kappa shape index (κ1) is 18.1. The summed E-state index contributed by atoms with van der Waals surface area (Å²) in [6, 6.07) is 5.46. The van der Waals surface area contributed by atoms with E-state index in [0.717, 1.165) is 31.0 Å². The molecule has 0 saturated heterocycles. The molecule has 2 aromatic rings. The van der Waals surface area contributed by atoms with Crippen molar-refractivity contribution in [3.63, 3.8) is 0 Å². The SMILES string of the molecule is Cl.O=C(Nc1ccc2c(c1)OCCO2)c1nn(CC2CC2)c2c1CNCC2. The van der Waals surface area contributed by atoms with Gasteiger partial charge in [-0.3, -0.25) is 9.48 Å². The molecule has 5 rings (SSSR count). The van der Waals surface area contributed by atoms with Crippen LogP contribution in [0.2, 0.25) is 0 Å². The fourth-order valence-corrected chi connectivity index (χ4v) is 3.61. The lowest BCUT2D eigenvalue weighted by Crippen LogP contribution is -2.26. The van der Waals surface area contributed by atoms with Gasteiger partial charge in [0.2, 0.25) is 0 Å². The van der Waals surface area contributed by atoms with Crippen LogP contribution in [0.4, 0.5) is 5.69 Å². The number of nitrogens with one attached hydrogen (secondary N) is 2. The predicted octanol–water partition coefficient (Wildman–Crippen LogP) is 2.38. The van der Waals surface area contributed by atoms with Crippen molar-refractivity contribution in [1.82, 2.24) is 15.1 Å². The quantitative estimate of drug-likeness (QED) is 0.838. The van der Waals surface area contributed by atoms with E-state index in [1.165, 1.54) is 18.5 Å². The lowest BCUT2D eigenvalue weighted by Gasteiger charge is -2.19. The van der Waals surface area contributed by atoms with Crippen molar-refractivity contribution in [2.24, 2.45) is 5.92 Å². The highest BCUT2D eigenvalue weighted by atomic mass is 35.5. The fraction of sp³-hybridized carbons (Fsp3) is 0.474. The standard InChI is InChI=1S/C19H22N4O3.ClH/c24-19(21-13-3-4-16-17(9-13)26-8-7-25-16)18-14-10-20-6-5-15(14)23(22-18)11-12-1-2-12;/h3-4,9,12,20H,1-2,5-8,10-11H2,(H,21,24);1H. The summed E-state index contributed by atoms with van der Waals surface area (Å²) in [6.45, 7) is 3.64. The van der Waals surface area contributed by atoms with Crippen molar-refractivity contribution in [2.75, 3.05) is 25.1 Å². The Morgan fingerprint density at radius 1 is 1.26 bits per heavy atom. The summed E-state index contributed by atoms with van der Waals surface area (Å²) in [5.41, 5.74) is 3.46. The van der Waals surface area contributed by atoms with Gasteiger partial charge in [0.05, 0.1) is 0 Å². The Morgan fingerprint density at radius 3 is 2.89 bits per heavy atom. The van der Waals surface area contributed by atoms with E-state index in [-0.39, 0.29) is 18.3 Å². The van der Waals surface area contributed by atoms with Gasteiger partial charge >= 0.3 is 0 Å². The largest absolute Gasteiger partial charge is 0.486 e. The molecule has 2 N–H and O–H groups in total. The molecule has 1 saturated carbocycles. The molecule has 0 bridgehead atoms. The molecule has 0 spiro atoms. The van der Waals surface area contributed by atoms with E-state index in [2.05, 4.69) is 20.4 Å². The van der Waals surface area contributed by atoms with E-state index in [9.17, 15) is 4.79 Å². The van der Waals surface area contributed by atoms with Crippen LogP contribution < -0.4 is 20.1 Å². The Labute approximate surface area is 163 Å². The molecule has 27 heavy (non-hydrogen) atoms. The maximum Gasteiger partial charge on any atom is 0.276 e. The van der Waals surface area contributed by atoms with Crippen LogP contribution in [0.5, 0.6) is 11.5 Å². The van der Waals surface area contributed by atoms with Crippen LogP contribution in [0.1, 0.15) is 34.6 Å². The number of anilines is 1. The van der Waals surface area contributed by atoms with Crippen LogP contribution in [0.3, 0.4) is 0 Å². The third kappa shape index (κ3) is 3.61. The average molecular weight is 391 g/mol. The molecule has 1 aromatic carbocycles. The van der Waals surface area contributed by atoms with E-state index in [0.29, 0.717) is 42.6 Å². The first-order valence-corrected chi connectivity index (χ1v) is 9.28. The van der Waals surface area contributed by atoms with Gasteiger partial charge in [0.15, 0.2) is 17.2 Å². The summed E-state index contributed by atoms with van der Waals surface area (Å²) in [6.07, 6.45) is 3.46. The van der Waals surface area contributed by atoms with Gasteiger partial charge in [-0.25, -0.2) is 0 Å². The van der Waals surface area contributed by atoms with Crippen molar-refractivity contribution in [3.05, 3.63) is 35.2 Å². The molecule has 1 aliphatic carbocycles. The van der Waals surface area contributed by atoms with Crippen molar-refractivity contribution in [1.29, 1.82) is 0 Å². The molecule has 0 atom stereocenters. The highest BCUT2D eigenvalue weighted by Gasteiger charge is 2.29. The van der Waals surface area contributed by atoms with E-state index in [1.807, 2.05) is 12.1 Å². The molecule has 0 radical (unpaired) electrons. The second-order valence-corrected chi connectivity index (χ2v) is 7.14. The zero-order valence-corrected chi connectivity index (χ0v) is 15.8. The maximum atomic E-state index is 12.9. The summed E-state index contributed by atoms with van der Waals surface area (Å²) in [5, 5.41) is 11.0. The monoisotopic (exact) mass is 390 g/mol. The van der Waals surface area contributed by atoms with Gasteiger partial charge in [0.1, 0.15) is 13.2 Å². The van der Waals surface area contributed by atoms with Crippen molar-refractivity contribution < 1.29 is 14.3 Å². The predicted molar refractivity (Wildman–Crippen MR) is 103 cm³/mol. The van der Waals surface area contributed by atoms with E-state index in [1.54, 1.807) is 6.07 Å². The molecule has 1 aromatic heterocycles. The Hall–Kier alpha value is -2.25. The first-order chi connectivity index (χ1) is 12.8. The zero-order chi connectivity index (χ0) is 17.5. The van der Waals surface area contributed by atoms with Crippen molar-refractivity contribution in [2.45, 2.75) is 32.4 Å². The number of ether oxygens (including phenoxy) is 2. The third-order valence-electron chi connectivity index (χ3n) is 5.15. The number of halogens is 1. The van der Waals surface area contributed by atoms with Crippen molar-refractivity contribution in [3.8, 4) is 11.5 Å². The number of carbonyl (C=O) groups excluding carboxylic acids is 1. The third-order valence-corrected chi connectivity index (χ3v) is 5.15. The van der Waals surface area contributed by atoms with Crippen LogP contribution in [-0.4, -0.2) is 35.4 Å². The number of hydrogen-bond acceptors (Lipinski definition) is 5. The highest BCUT2D eigenvalue weighted by Crippen LogP contribution is 2.34. The number of rotatable bonds is 4. The Morgan fingerprint density at radius 2 is 2.07 bits per heavy atom. The average Bonchev–Trinajstić information content (AvgIpc) is 3.41. The first-order valence-electron chi connectivity index (χ1n) is 9.28. The summed E-state index contributed by atoms with van der Waals surface area (Å²) in [5.74, 6) is 1.93. The number of amides is 1. The number of benzene rings is 1. The number of aromatic nitrogens is 2. The minimum absolute atomic E-state index is 0. The van der Waals surface area contributed by atoms with Gasteiger partial charge in [-0.05, 0) is 30.9 Å². The van der Waals surface area contributed by atoms with Gasteiger partial charge in [-0.15, -0.1) is 12.4 Å². The second kappa shape index (κ2) is 7.40. The molecule has 0 unspecified atom stereocenters. The molecule has 1 amide bonds.